The average Bonchev–Trinajstić information content (AvgIpc) is 3.59. The first-order valence-electron chi connectivity index (χ1n) is 10.9. The molecule has 2 aromatic rings. The third kappa shape index (κ3) is 4.96. The maximum atomic E-state index is 8.56. The van der Waals surface area contributed by atoms with Crippen molar-refractivity contribution in [3.05, 3.63) is 60.2 Å². The molecule has 5 heteroatoms. The number of hydrogen-bond acceptors (Lipinski definition) is 3. The molecule has 0 spiro atoms. The largest absolute Gasteiger partial charge is 0.503 e. The van der Waals surface area contributed by atoms with Crippen molar-refractivity contribution in [1.29, 1.82) is 0 Å². The van der Waals surface area contributed by atoms with E-state index in [1.165, 1.54) is 44.1 Å². The van der Waals surface area contributed by atoms with Crippen LogP contribution in [0.5, 0.6) is 11.5 Å². The number of carboxylic acid groups (broad SMARTS) is 2. The van der Waals surface area contributed by atoms with Crippen LogP contribution in [-0.2, 0) is 10.3 Å². The lowest BCUT2D eigenvalue weighted by molar-refractivity contribution is -0.192. The van der Waals surface area contributed by atoms with Crippen LogP contribution in [0.4, 0.5) is 4.79 Å². The highest BCUT2D eigenvalue weighted by atomic mass is 16.6. The fourth-order valence-electron chi connectivity index (χ4n) is 4.84. The Morgan fingerprint density at radius 3 is 2.23 bits per heavy atom. The molecule has 2 bridgehead atoms. The molecule has 160 valence electrons. The molecule has 30 heavy (non-hydrogen) atoms. The number of para-hydroxylation sites is 1. The van der Waals surface area contributed by atoms with E-state index in [0.29, 0.717) is 5.41 Å². The van der Waals surface area contributed by atoms with Gasteiger partial charge in [-0.05, 0) is 79.7 Å². The molecule has 5 nitrogen and oxygen atoms in total. The molecule has 6 rings (SSSR count). The zero-order valence-electron chi connectivity index (χ0n) is 17.3. The highest BCUT2D eigenvalue weighted by Gasteiger charge is 2.50. The molecule has 2 aliphatic heterocycles. The number of carbonyl (C=O) groups is 1. The van der Waals surface area contributed by atoms with E-state index in [1.54, 1.807) is 0 Å². The summed E-state index contributed by atoms with van der Waals surface area (Å²) in [6.07, 6.45) is 8.87. The van der Waals surface area contributed by atoms with Gasteiger partial charge in [0.15, 0.2) is 0 Å². The third-order valence-electron chi connectivity index (χ3n) is 6.89. The molecule has 0 aromatic heterocycles. The van der Waals surface area contributed by atoms with E-state index in [9.17, 15) is 0 Å². The van der Waals surface area contributed by atoms with Gasteiger partial charge >= 0.3 is 6.16 Å². The monoisotopic (exact) mass is 410 g/mol. The van der Waals surface area contributed by atoms with Gasteiger partial charge in [0.2, 0.25) is 0 Å². The number of fused-ring (bicyclic) bond motifs is 3. The lowest BCUT2D eigenvalue weighted by atomic mass is 9.62. The molecule has 2 aromatic carbocycles. The molecule has 0 unspecified atom stereocenters. The van der Waals surface area contributed by atoms with Crippen LogP contribution in [0.1, 0.15) is 56.9 Å². The molecule has 4 fully saturated rings. The van der Waals surface area contributed by atoms with Crippen molar-refractivity contribution in [2.24, 2.45) is 11.3 Å². The quantitative estimate of drug-likeness (QED) is 0.556. The van der Waals surface area contributed by atoms with Gasteiger partial charge in [0.05, 0.1) is 12.2 Å². The molecule has 2 saturated carbocycles. The summed E-state index contributed by atoms with van der Waals surface area (Å²) in [5, 5.41) is 13.9. The predicted molar refractivity (Wildman–Crippen MR) is 114 cm³/mol. The van der Waals surface area contributed by atoms with Crippen molar-refractivity contribution < 1.29 is 24.5 Å². The third-order valence-corrected chi connectivity index (χ3v) is 6.89. The summed E-state index contributed by atoms with van der Waals surface area (Å²) in [5.74, 6) is 2.82. The van der Waals surface area contributed by atoms with Crippen LogP contribution >= 0.6 is 0 Å². The molecule has 2 aliphatic carbocycles. The molecule has 2 heterocycles. The van der Waals surface area contributed by atoms with Gasteiger partial charge in [0, 0.05) is 0 Å². The lowest BCUT2D eigenvalue weighted by Gasteiger charge is -2.53. The van der Waals surface area contributed by atoms with Crippen LogP contribution in [0.25, 0.3) is 0 Å². The number of hydrogen-bond donors (Lipinski definition) is 2. The molecule has 0 amide bonds. The standard InChI is InChI=1S/C24H28O2.CH2O3/c1-2-6-21(7-3-1)26-22-8-4-5-20(17-22)24-15-13-23(14-16-24,18-25-24)12-11-19-9-10-19;2-1(3)4/h1-8,17,19H,9-16,18H2;(H2,2,3,4)/t23-,24+;. The van der Waals surface area contributed by atoms with Gasteiger partial charge in [0.1, 0.15) is 11.5 Å². The van der Waals surface area contributed by atoms with Gasteiger partial charge in [-0.3, -0.25) is 0 Å². The molecule has 2 saturated heterocycles. The van der Waals surface area contributed by atoms with Crippen LogP contribution in [0.3, 0.4) is 0 Å². The summed E-state index contributed by atoms with van der Waals surface area (Å²) in [5.41, 5.74) is 1.68. The van der Waals surface area contributed by atoms with Gasteiger partial charge in [-0.1, -0.05) is 43.2 Å². The first-order chi connectivity index (χ1) is 14.5. The molecule has 0 atom stereocenters. The Kier molecular flexibility index (Phi) is 6.00. The number of ether oxygens (including phenoxy) is 2. The van der Waals surface area contributed by atoms with Crippen molar-refractivity contribution >= 4 is 6.16 Å². The molecule has 4 aliphatic rings. The second kappa shape index (κ2) is 8.68. The Hall–Kier alpha value is -2.53. The van der Waals surface area contributed by atoms with E-state index in [-0.39, 0.29) is 5.60 Å². The fourth-order valence-corrected chi connectivity index (χ4v) is 4.84. The second-order valence-electron chi connectivity index (χ2n) is 8.99. The Morgan fingerprint density at radius 2 is 1.63 bits per heavy atom. The topological polar surface area (TPSA) is 76.0 Å². The van der Waals surface area contributed by atoms with Gasteiger partial charge in [-0.25, -0.2) is 4.79 Å². The van der Waals surface area contributed by atoms with Gasteiger partial charge in [-0.2, -0.15) is 0 Å². The van der Waals surface area contributed by atoms with Crippen LogP contribution in [0.2, 0.25) is 0 Å². The minimum Gasteiger partial charge on any atom is -0.457 e. The fraction of sp³-hybridized carbons (Fsp3) is 0.480. The molecular formula is C25H30O5. The molecular weight excluding hydrogens is 380 g/mol. The second-order valence-corrected chi connectivity index (χ2v) is 8.99. The van der Waals surface area contributed by atoms with Crippen molar-refractivity contribution in [2.75, 3.05) is 6.61 Å². The maximum Gasteiger partial charge on any atom is 0.503 e. The minimum atomic E-state index is -1.83. The summed E-state index contributed by atoms with van der Waals surface area (Å²) in [6.45, 7) is 0.948. The van der Waals surface area contributed by atoms with Crippen molar-refractivity contribution in [2.45, 2.75) is 57.0 Å². The van der Waals surface area contributed by atoms with E-state index in [4.69, 9.17) is 24.5 Å². The van der Waals surface area contributed by atoms with Crippen molar-refractivity contribution in [3.8, 4) is 11.5 Å². The van der Waals surface area contributed by atoms with E-state index < -0.39 is 6.16 Å². The van der Waals surface area contributed by atoms with Gasteiger partial charge in [-0.15, -0.1) is 0 Å². The summed E-state index contributed by atoms with van der Waals surface area (Å²) >= 11 is 0. The van der Waals surface area contributed by atoms with Crippen LogP contribution in [0, 0.1) is 11.3 Å². The van der Waals surface area contributed by atoms with E-state index >= 15 is 0 Å². The predicted octanol–water partition coefficient (Wildman–Crippen LogP) is 6.68. The van der Waals surface area contributed by atoms with Crippen LogP contribution < -0.4 is 4.74 Å². The highest BCUT2D eigenvalue weighted by molar-refractivity contribution is 5.53. The number of benzene rings is 2. The Morgan fingerprint density at radius 1 is 0.967 bits per heavy atom. The smallest absolute Gasteiger partial charge is 0.457 e. The van der Waals surface area contributed by atoms with E-state index in [2.05, 4.69) is 18.2 Å². The summed E-state index contributed by atoms with van der Waals surface area (Å²) in [7, 11) is 0. The SMILES string of the molecule is O=C(O)O.c1ccc(Oc2cccc([C@]34CC[C@](CCC5CC5)(CC3)CO4)c2)cc1. The summed E-state index contributed by atoms with van der Waals surface area (Å²) in [4.78, 5) is 8.56. The Labute approximate surface area is 177 Å². The van der Waals surface area contributed by atoms with Gasteiger partial charge in [0.25, 0.3) is 0 Å². The number of rotatable bonds is 6. The van der Waals surface area contributed by atoms with Crippen molar-refractivity contribution in [3.63, 3.8) is 0 Å². The minimum absolute atomic E-state index is 0.0859. The molecule has 0 radical (unpaired) electrons. The highest BCUT2D eigenvalue weighted by Crippen LogP contribution is 2.56. The Balaban J connectivity index is 0.000000503. The van der Waals surface area contributed by atoms with Crippen molar-refractivity contribution in [1.82, 2.24) is 0 Å². The lowest BCUT2D eigenvalue weighted by Crippen LogP contribution is -2.49. The molecule has 2 N–H and O–H groups in total. The Bertz CT molecular complexity index is 830. The van der Waals surface area contributed by atoms with E-state index in [0.717, 1.165) is 36.9 Å². The maximum absolute atomic E-state index is 8.56. The normalized spacial score (nSPS) is 27.1. The average molecular weight is 411 g/mol. The van der Waals surface area contributed by atoms with Gasteiger partial charge < -0.3 is 19.7 Å². The summed E-state index contributed by atoms with van der Waals surface area (Å²) < 4.78 is 12.6. The van der Waals surface area contributed by atoms with Crippen LogP contribution in [-0.4, -0.2) is 23.0 Å². The van der Waals surface area contributed by atoms with Crippen LogP contribution in [0.15, 0.2) is 54.6 Å². The first kappa shape index (κ1) is 20.7. The zero-order valence-corrected chi connectivity index (χ0v) is 17.3. The summed E-state index contributed by atoms with van der Waals surface area (Å²) in [6, 6.07) is 18.6. The van der Waals surface area contributed by atoms with E-state index in [1.807, 2.05) is 36.4 Å². The first-order valence-corrected chi connectivity index (χ1v) is 10.9. The zero-order chi connectivity index (χ0) is 21.0.